The Bertz CT molecular complexity index is 574. The Kier molecular flexibility index (Phi) is 6.57. The van der Waals surface area contributed by atoms with Crippen LogP contribution >= 0.6 is 0 Å². The first-order valence-electron chi connectivity index (χ1n) is 7.55. The van der Waals surface area contributed by atoms with E-state index in [9.17, 15) is 4.79 Å². The van der Waals surface area contributed by atoms with E-state index in [0.29, 0.717) is 13.0 Å². The molecule has 23 heavy (non-hydrogen) atoms. The van der Waals surface area contributed by atoms with Crippen LogP contribution in [0.3, 0.4) is 0 Å². The van der Waals surface area contributed by atoms with Gasteiger partial charge in [-0.1, -0.05) is 6.58 Å². The van der Waals surface area contributed by atoms with E-state index in [4.69, 9.17) is 24.8 Å². The molecule has 3 radical (unpaired) electrons. The van der Waals surface area contributed by atoms with Crippen molar-refractivity contribution in [2.45, 2.75) is 45.3 Å². The molecule has 0 fully saturated rings. The molecule has 0 aliphatic rings. The Morgan fingerprint density at radius 3 is 2.26 bits per heavy atom. The van der Waals surface area contributed by atoms with Crippen LogP contribution in [0.1, 0.15) is 39.7 Å². The average molecular weight is 309 g/mol. The van der Waals surface area contributed by atoms with Crippen LogP contribution in [-0.4, -0.2) is 44.3 Å². The van der Waals surface area contributed by atoms with Gasteiger partial charge in [-0.2, -0.15) is 0 Å². The molecule has 5 heteroatoms. The van der Waals surface area contributed by atoms with Gasteiger partial charge in [-0.3, -0.25) is 4.79 Å². The summed E-state index contributed by atoms with van der Waals surface area (Å²) < 4.78 is 11.6. The summed E-state index contributed by atoms with van der Waals surface area (Å²) in [4.78, 5) is 11.7. The SMILES string of the molecule is [B]C(=[B])c1ccc(OC(C)(C)CCOC(C)(C)C(=O)C=C)cc1. The van der Waals surface area contributed by atoms with Crippen LogP contribution in [0.5, 0.6) is 5.75 Å². The summed E-state index contributed by atoms with van der Waals surface area (Å²) in [6.07, 6.45) is 1.91. The summed E-state index contributed by atoms with van der Waals surface area (Å²) >= 11 is 0. The molecule has 0 atom stereocenters. The van der Waals surface area contributed by atoms with Gasteiger partial charge in [0.2, 0.25) is 0 Å². The van der Waals surface area contributed by atoms with Gasteiger partial charge in [0.05, 0.1) is 0 Å². The molecule has 1 aromatic rings. The number of carbonyl (C=O) groups excluding carboxylic acids is 1. The third-order valence-electron chi connectivity index (χ3n) is 3.53. The zero-order valence-electron chi connectivity index (χ0n) is 14.4. The molecule has 0 heterocycles. The molecule has 0 bridgehead atoms. The number of hydrogen-bond acceptors (Lipinski definition) is 3. The van der Waals surface area contributed by atoms with E-state index in [-0.39, 0.29) is 11.1 Å². The second-order valence-electron chi connectivity index (χ2n) is 6.52. The predicted octanol–water partition coefficient (Wildman–Crippen LogP) is 2.60. The van der Waals surface area contributed by atoms with Gasteiger partial charge in [0.1, 0.15) is 0 Å². The summed E-state index contributed by atoms with van der Waals surface area (Å²) in [5, 5.41) is 0.276. The molecule has 0 unspecified atom stereocenters. The summed E-state index contributed by atoms with van der Waals surface area (Å²) in [5.74, 6) is 0.587. The van der Waals surface area contributed by atoms with Crippen LogP contribution in [0.4, 0.5) is 0 Å². The minimum atomic E-state index is -0.867. The van der Waals surface area contributed by atoms with Crippen LogP contribution < -0.4 is 4.74 Å². The summed E-state index contributed by atoms with van der Waals surface area (Å²) in [5.41, 5.74) is -0.538. The maximum atomic E-state index is 11.7. The van der Waals surface area contributed by atoms with Gasteiger partial charge in [0, 0.05) is 0 Å². The van der Waals surface area contributed by atoms with Gasteiger partial charge in [0.25, 0.3) is 0 Å². The number of rotatable bonds is 9. The first-order valence-corrected chi connectivity index (χ1v) is 7.55. The molecule has 0 N–H and O–H groups in total. The molecule has 3 nitrogen and oxygen atoms in total. The van der Waals surface area contributed by atoms with Crippen LogP contribution in [0.25, 0.3) is 0 Å². The molecule has 0 spiro atoms. The van der Waals surface area contributed by atoms with E-state index < -0.39 is 11.2 Å². The van der Waals surface area contributed by atoms with E-state index in [0.717, 1.165) is 11.3 Å². The molecule has 0 amide bonds. The van der Waals surface area contributed by atoms with Gasteiger partial charge in [-0.15, -0.1) is 0 Å². The summed E-state index contributed by atoms with van der Waals surface area (Å²) in [7, 11) is 11.1. The Hall–Kier alpha value is -1.61. The van der Waals surface area contributed by atoms with Crippen molar-refractivity contribution in [1.29, 1.82) is 0 Å². The zero-order chi connectivity index (χ0) is 17.7. The third-order valence-corrected chi connectivity index (χ3v) is 3.53. The van der Waals surface area contributed by atoms with E-state index in [1.54, 1.807) is 13.8 Å². The van der Waals surface area contributed by atoms with Crippen molar-refractivity contribution in [1.82, 2.24) is 0 Å². The number of hydrogen-bond donors (Lipinski definition) is 0. The van der Waals surface area contributed by atoms with E-state index in [1.165, 1.54) is 6.08 Å². The third kappa shape index (κ3) is 6.19. The summed E-state index contributed by atoms with van der Waals surface area (Å²) in [6, 6.07) is 7.26. The fourth-order valence-corrected chi connectivity index (χ4v) is 1.95. The fraction of sp³-hybridized carbons (Fsp3) is 0.444. The van der Waals surface area contributed by atoms with Crippen molar-refractivity contribution in [2.75, 3.05) is 6.61 Å². The second-order valence-corrected chi connectivity index (χ2v) is 6.52. The Morgan fingerprint density at radius 1 is 1.22 bits per heavy atom. The first-order chi connectivity index (χ1) is 10.6. The molecule has 0 saturated heterocycles. The molecule has 0 aliphatic heterocycles. The van der Waals surface area contributed by atoms with E-state index >= 15 is 0 Å². The number of carbonyl (C=O) groups is 1. The van der Waals surface area contributed by atoms with Crippen LogP contribution in [-0.2, 0) is 9.53 Å². The maximum absolute atomic E-state index is 11.7. The van der Waals surface area contributed by atoms with Gasteiger partial charge in [-0.05, 0) is 6.08 Å². The fourth-order valence-electron chi connectivity index (χ4n) is 1.95. The molecule has 0 saturated carbocycles. The monoisotopic (exact) mass is 309 g/mol. The van der Waals surface area contributed by atoms with Crippen LogP contribution in [0, 0.1) is 0 Å². The Labute approximate surface area is 141 Å². The molecule has 0 aromatic heterocycles. The molecule has 1 rings (SSSR count). The van der Waals surface area contributed by atoms with Crippen molar-refractivity contribution in [3.05, 3.63) is 42.5 Å². The number of ketones is 1. The first kappa shape index (κ1) is 19.4. The van der Waals surface area contributed by atoms with E-state index in [2.05, 4.69) is 6.58 Å². The molecule has 1 aromatic carbocycles. The van der Waals surface area contributed by atoms with Crippen LogP contribution in [0.15, 0.2) is 36.9 Å². The average Bonchev–Trinajstić information content (AvgIpc) is 2.45. The quantitative estimate of drug-likeness (QED) is 0.519. The Balaban J connectivity index is 2.57. The van der Waals surface area contributed by atoms with Gasteiger partial charge in [0.15, 0.2) is 0 Å². The number of benzene rings is 1. The molecule has 119 valence electrons. The Morgan fingerprint density at radius 2 is 1.78 bits per heavy atom. The molecule has 0 aliphatic carbocycles. The molecular weight excluding hydrogens is 286 g/mol. The van der Waals surface area contributed by atoms with Crippen molar-refractivity contribution in [2.24, 2.45) is 0 Å². The van der Waals surface area contributed by atoms with Crippen molar-refractivity contribution in [3.8, 4) is 5.75 Å². The van der Waals surface area contributed by atoms with Crippen molar-refractivity contribution in [3.63, 3.8) is 0 Å². The van der Waals surface area contributed by atoms with Crippen molar-refractivity contribution < 1.29 is 14.3 Å². The van der Waals surface area contributed by atoms with E-state index in [1.807, 2.05) is 38.1 Å². The summed E-state index contributed by atoms with van der Waals surface area (Å²) in [6.45, 7) is 11.3. The zero-order valence-corrected chi connectivity index (χ0v) is 14.4. The van der Waals surface area contributed by atoms with Gasteiger partial charge >= 0.3 is 123 Å². The standard InChI is InChI=1S/C18H23B2O3/c1-6-15(21)18(4,5)22-12-11-17(2,3)23-14-9-7-13(8-10-14)16(19)20/h6-10H,1,11-12H2,2-5H3. The van der Waals surface area contributed by atoms with Gasteiger partial charge < -0.3 is 0 Å². The van der Waals surface area contributed by atoms with Crippen LogP contribution in [0.2, 0.25) is 0 Å². The minimum absolute atomic E-state index is 0.137. The van der Waals surface area contributed by atoms with Gasteiger partial charge in [-0.25, -0.2) is 0 Å². The van der Waals surface area contributed by atoms with Crippen molar-refractivity contribution >= 4 is 26.5 Å². The number of ether oxygens (including phenoxy) is 2. The molecular formula is C18H23B2O3. The normalized spacial score (nSPS) is 11.8. The predicted molar refractivity (Wildman–Crippen MR) is 96.6 cm³/mol. The topological polar surface area (TPSA) is 35.5 Å². The second kappa shape index (κ2) is 7.78.